The Morgan fingerprint density at radius 2 is 2.18 bits per heavy atom. The van der Waals surface area contributed by atoms with E-state index >= 15 is 0 Å². The third kappa shape index (κ3) is 3.29. The molecule has 0 unspecified atom stereocenters. The summed E-state index contributed by atoms with van der Waals surface area (Å²) in [7, 11) is 2.65. The van der Waals surface area contributed by atoms with Gasteiger partial charge in [-0.05, 0) is 23.8 Å². The summed E-state index contributed by atoms with van der Waals surface area (Å²) in [5.41, 5.74) is 6.35. The number of carbonyl (C=O) groups excluding carboxylic acids is 1. The first-order valence-electron chi connectivity index (χ1n) is 4.95. The highest BCUT2D eigenvalue weighted by atomic mass is 19.1. The fourth-order valence-electron chi connectivity index (χ4n) is 1.30. The van der Waals surface area contributed by atoms with E-state index in [0.717, 1.165) is 0 Å². The van der Waals surface area contributed by atoms with Gasteiger partial charge in [-0.25, -0.2) is 9.18 Å². The van der Waals surface area contributed by atoms with Crippen LogP contribution in [0.2, 0.25) is 0 Å². The number of nitrogens with two attached hydrogens (primary N) is 1. The van der Waals surface area contributed by atoms with Crippen LogP contribution < -0.4 is 10.5 Å². The molecule has 0 fully saturated rings. The van der Waals surface area contributed by atoms with Gasteiger partial charge in [0.1, 0.15) is 0 Å². The average Bonchev–Trinajstić information content (AvgIpc) is 2.36. The Morgan fingerprint density at radius 3 is 2.71 bits per heavy atom. The monoisotopic (exact) mass is 239 g/mol. The molecule has 1 aromatic carbocycles. The van der Waals surface area contributed by atoms with E-state index in [9.17, 15) is 9.18 Å². The summed E-state index contributed by atoms with van der Waals surface area (Å²) in [6.07, 6.45) is 1.54. The molecule has 92 valence electrons. The van der Waals surface area contributed by atoms with E-state index < -0.39 is 11.8 Å². The lowest BCUT2D eigenvalue weighted by molar-refractivity contribution is -0.136. The van der Waals surface area contributed by atoms with Crippen LogP contribution in [0.15, 0.2) is 23.8 Å². The Bertz CT molecular complexity index is 443. The number of carbonyl (C=O) groups is 1. The zero-order chi connectivity index (χ0) is 12.8. The van der Waals surface area contributed by atoms with Crippen LogP contribution in [0.5, 0.6) is 5.75 Å². The Kier molecular flexibility index (Phi) is 4.66. The highest BCUT2D eigenvalue weighted by molar-refractivity contribution is 5.94. The Hall–Kier alpha value is -1.88. The van der Waals surface area contributed by atoms with Gasteiger partial charge in [-0.15, -0.1) is 0 Å². The van der Waals surface area contributed by atoms with Gasteiger partial charge < -0.3 is 15.2 Å². The lowest BCUT2D eigenvalue weighted by Crippen LogP contribution is -2.14. The van der Waals surface area contributed by atoms with Crippen molar-refractivity contribution in [1.82, 2.24) is 0 Å². The van der Waals surface area contributed by atoms with Crippen LogP contribution in [0.25, 0.3) is 6.08 Å². The maximum atomic E-state index is 13.2. The molecular formula is C12H14FNO3. The molecule has 0 bridgehead atoms. The maximum absolute atomic E-state index is 13.2. The van der Waals surface area contributed by atoms with Crippen LogP contribution in [-0.2, 0) is 9.53 Å². The Balaban J connectivity index is 3.07. The molecule has 0 aliphatic carbocycles. The van der Waals surface area contributed by atoms with Crippen molar-refractivity contribution in [2.75, 3.05) is 20.8 Å². The van der Waals surface area contributed by atoms with Gasteiger partial charge in [0.2, 0.25) is 0 Å². The molecule has 0 aromatic heterocycles. The van der Waals surface area contributed by atoms with E-state index in [-0.39, 0.29) is 12.3 Å². The molecule has 1 aromatic rings. The molecule has 0 aliphatic heterocycles. The minimum Gasteiger partial charge on any atom is -0.494 e. The number of hydrogen-bond acceptors (Lipinski definition) is 4. The second-order valence-electron chi connectivity index (χ2n) is 3.26. The number of esters is 1. The zero-order valence-corrected chi connectivity index (χ0v) is 9.70. The molecule has 0 radical (unpaired) electrons. The van der Waals surface area contributed by atoms with Gasteiger partial charge in [0.15, 0.2) is 11.6 Å². The standard InChI is InChI=1S/C12H14FNO3/c1-16-11-6-8(3-4-10(11)13)5-9(7-14)12(15)17-2/h3-6H,7,14H2,1-2H3. The highest BCUT2D eigenvalue weighted by Gasteiger charge is 2.08. The summed E-state index contributed by atoms with van der Waals surface area (Å²) in [6.45, 7) is 0.0480. The molecular weight excluding hydrogens is 225 g/mol. The third-order valence-electron chi connectivity index (χ3n) is 2.18. The quantitative estimate of drug-likeness (QED) is 0.636. The molecule has 0 atom stereocenters. The molecule has 0 saturated carbocycles. The minimum atomic E-state index is -0.504. The van der Waals surface area contributed by atoms with E-state index in [2.05, 4.69) is 4.74 Å². The van der Waals surface area contributed by atoms with Gasteiger partial charge in [-0.2, -0.15) is 0 Å². The number of benzene rings is 1. The first-order chi connectivity index (χ1) is 8.12. The van der Waals surface area contributed by atoms with Gasteiger partial charge in [-0.1, -0.05) is 6.07 Å². The summed E-state index contributed by atoms with van der Waals surface area (Å²) in [5, 5.41) is 0. The Labute approximate surface area is 98.8 Å². The Morgan fingerprint density at radius 1 is 1.47 bits per heavy atom. The highest BCUT2D eigenvalue weighted by Crippen LogP contribution is 2.20. The summed E-state index contributed by atoms with van der Waals surface area (Å²) in [4.78, 5) is 11.3. The van der Waals surface area contributed by atoms with Crippen molar-refractivity contribution >= 4 is 12.0 Å². The summed E-state index contributed by atoms with van der Waals surface area (Å²) >= 11 is 0. The molecule has 0 heterocycles. The number of rotatable bonds is 4. The van der Waals surface area contributed by atoms with E-state index in [4.69, 9.17) is 10.5 Å². The molecule has 2 N–H and O–H groups in total. The number of ether oxygens (including phenoxy) is 2. The van der Waals surface area contributed by atoms with Gasteiger partial charge in [0, 0.05) is 6.54 Å². The molecule has 5 heteroatoms. The van der Waals surface area contributed by atoms with Crippen LogP contribution in [0.1, 0.15) is 5.56 Å². The lowest BCUT2D eigenvalue weighted by Gasteiger charge is -2.05. The maximum Gasteiger partial charge on any atom is 0.335 e. The van der Waals surface area contributed by atoms with Gasteiger partial charge in [-0.3, -0.25) is 0 Å². The average molecular weight is 239 g/mol. The largest absolute Gasteiger partial charge is 0.494 e. The normalized spacial score (nSPS) is 11.2. The van der Waals surface area contributed by atoms with E-state index in [1.54, 1.807) is 0 Å². The van der Waals surface area contributed by atoms with E-state index in [1.807, 2.05) is 0 Å². The topological polar surface area (TPSA) is 61.5 Å². The molecule has 4 nitrogen and oxygen atoms in total. The predicted molar refractivity (Wildman–Crippen MR) is 62.0 cm³/mol. The predicted octanol–water partition coefficient (Wildman–Crippen LogP) is 1.35. The first-order valence-corrected chi connectivity index (χ1v) is 4.95. The van der Waals surface area contributed by atoms with Crippen molar-refractivity contribution < 1.29 is 18.7 Å². The molecule has 0 amide bonds. The fourth-order valence-corrected chi connectivity index (χ4v) is 1.30. The third-order valence-corrected chi connectivity index (χ3v) is 2.18. The van der Waals surface area contributed by atoms with Gasteiger partial charge >= 0.3 is 5.97 Å². The number of hydrogen-bond donors (Lipinski definition) is 1. The van der Waals surface area contributed by atoms with Gasteiger partial charge in [0.05, 0.1) is 19.8 Å². The van der Waals surface area contributed by atoms with Crippen molar-refractivity contribution in [3.63, 3.8) is 0 Å². The van der Waals surface area contributed by atoms with E-state index in [0.29, 0.717) is 11.1 Å². The molecule has 1 rings (SSSR count). The molecule has 0 spiro atoms. The smallest absolute Gasteiger partial charge is 0.335 e. The lowest BCUT2D eigenvalue weighted by atomic mass is 10.1. The van der Waals surface area contributed by atoms with Crippen molar-refractivity contribution in [3.8, 4) is 5.75 Å². The van der Waals surface area contributed by atoms with Crippen molar-refractivity contribution in [2.24, 2.45) is 5.73 Å². The van der Waals surface area contributed by atoms with Crippen LogP contribution in [0.4, 0.5) is 4.39 Å². The van der Waals surface area contributed by atoms with Crippen LogP contribution in [0, 0.1) is 5.82 Å². The molecule has 17 heavy (non-hydrogen) atoms. The van der Waals surface area contributed by atoms with Crippen molar-refractivity contribution in [1.29, 1.82) is 0 Å². The molecule has 0 saturated heterocycles. The number of methoxy groups -OCH3 is 2. The van der Waals surface area contributed by atoms with Crippen molar-refractivity contribution in [3.05, 3.63) is 35.2 Å². The summed E-state index contributed by atoms with van der Waals surface area (Å²) in [6, 6.07) is 4.26. The summed E-state index contributed by atoms with van der Waals surface area (Å²) < 4.78 is 22.6. The fraction of sp³-hybridized carbons (Fsp3) is 0.250. The van der Waals surface area contributed by atoms with Crippen molar-refractivity contribution in [2.45, 2.75) is 0 Å². The SMILES string of the molecule is COC(=O)C(=Cc1ccc(F)c(OC)c1)CN. The summed E-state index contributed by atoms with van der Waals surface area (Å²) in [5.74, 6) is -0.854. The minimum absolute atomic E-state index is 0.0480. The van der Waals surface area contributed by atoms with E-state index in [1.165, 1.54) is 38.5 Å². The van der Waals surface area contributed by atoms with Crippen LogP contribution >= 0.6 is 0 Å². The van der Waals surface area contributed by atoms with Crippen LogP contribution in [0.3, 0.4) is 0 Å². The van der Waals surface area contributed by atoms with Crippen LogP contribution in [-0.4, -0.2) is 26.7 Å². The molecule has 0 aliphatic rings. The second-order valence-corrected chi connectivity index (χ2v) is 3.26. The second kappa shape index (κ2) is 6.00. The number of halogens is 1. The zero-order valence-electron chi connectivity index (χ0n) is 9.70. The van der Waals surface area contributed by atoms with Gasteiger partial charge in [0.25, 0.3) is 0 Å². The first kappa shape index (κ1) is 13.2.